The van der Waals surface area contributed by atoms with Crippen LogP contribution >= 0.6 is 0 Å². The molecule has 2 saturated heterocycles. The van der Waals surface area contributed by atoms with Gasteiger partial charge in [-0.1, -0.05) is 86.8 Å². The predicted molar refractivity (Wildman–Crippen MR) is 237 cm³/mol. The number of carbonyl (C=O) groups is 2. The van der Waals surface area contributed by atoms with Gasteiger partial charge in [-0.3, -0.25) is 9.59 Å². The second-order valence-electron chi connectivity index (χ2n) is 17.8. The van der Waals surface area contributed by atoms with E-state index >= 15 is 0 Å². The van der Waals surface area contributed by atoms with Crippen molar-refractivity contribution in [1.29, 1.82) is 0 Å². The molecule has 0 aromatic rings. The largest absolute Gasteiger partial charge is 0.481 e. The predicted octanol–water partition coefficient (Wildman–Crippen LogP) is 0.936. The van der Waals surface area contributed by atoms with Gasteiger partial charge in [0.25, 0.3) is 0 Å². The van der Waals surface area contributed by atoms with E-state index in [0.717, 1.165) is 12.8 Å². The molecule has 19 atom stereocenters. The Kier molecular flexibility index (Phi) is 23.8. The molecule has 0 saturated carbocycles. The van der Waals surface area contributed by atoms with Gasteiger partial charge in [-0.2, -0.15) is 0 Å². The zero-order valence-corrected chi connectivity index (χ0v) is 37.8. The molecule has 18 nitrogen and oxygen atoms in total. The number of allylic oxidation sites excluding steroid dienone is 10. The van der Waals surface area contributed by atoms with Crippen LogP contribution in [0.25, 0.3) is 0 Å². The molecule has 0 aliphatic carbocycles. The van der Waals surface area contributed by atoms with Crippen LogP contribution in [0.1, 0.15) is 91.9 Å². The number of aliphatic hydroxyl groups excluding tert-OH is 9. The van der Waals surface area contributed by atoms with Gasteiger partial charge in [0.1, 0.15) is 18.1 Å². The summed E-state index contributed by atoms with van der Waals surface area (Å²) < 4.78 is 23.2. The molecule has 65 heavy (non-hydrogen) atoms. The molecule has 13 N–H and O–H groups in total. The average molecular weight is 926 g/mol. The Morgan fingerprint density at radius 1 is 0.692 bits per heavy atom. The molecule has 0 radical (unpaired) electrons. The van der Waals surface area contributed by atoms with Gasteiger partial charge in [0, 0.05) is 37.5 Å². The van der Waals surface area contributed by atoms with Crippen LogP contribution < -0.4 is 5.73 Å². The number of rotatable bonds is 3. The lowest BCUT2D eigenvalue weighted by molar-refractivity contribution is -0.308. The first-order valence-corrected chi connectivity index (χ1v) is 22.6. The number of hydrogen-bond donors (Lipinski definition) is 12. The number of cyclic esters (lactones) is 1. The summed E-state index contributed by atoms with van der Waals surface area (Å²) in [6.07, 6.45) is 2.26. The lowest BCUT2D eigenvalue weighted by Gasteiger charge is -2.45. The second kappa shape index (κ2) is 27.6. The van der Waals surface area contributed by atoms with Crippen LogP contribution in [0, 0.1) is 17.8 Å². The minimum Gasteiger partial charge on any atom is -0.481 e. The number of aliphatic hydroxyl groups is 10. The Morgan fingerprint density at radius 3 is 1.97 bits per heavy atom. The first-order chi connectivity index (χ1) is 30.6. The summed E-state index contributed by atoms with van der Waals surface area (Å²) in [6.45, 7) is 6.78. The van der Waals surface area contributed by atoms with Crippen molar-refractivity contribution < 1.29 is 84.7 Å². The minimum atomic E-state index is -2.32. The van der Waals surface area contributed by atoms with Crippen molar-refractivity contribution in [3.63, 3.8) is 0 Å². The number of hydrogen-bond acceptors (Lipinski definition) is 17. The van der Waals surface area contributed by atoms with Crippen LogP contribution in [0.5, 0.6) is 0 Å². The van der Waals surface area contributed by atoms with Crippen molar-refractivity contribution >= 4 is 11.9 Å². The van der Waals surface area contributed by atoms with Gasteiger partial charge in [0.2, 0.25) is 0 Å². The van der Waals surface area contributed by atoms with E-state index in [1.165, 1.54) is 13.0 Å². The van der Waals surface area contributed by atoms with E-state index in [4.69, 9.17) is 24.7 Å². The molecule has 0 spiro atoms. The van der Waals surface area contributed by atoms with Crippen LogP contribution in [-0.2, 0) is 28.5 Å². The maximum Gasteiger partial charge on any atom is 0.311 e. The summed E-state index contributed by atoms with van der Waals surface area (Å²) in [5, 5.41) is 118. The molecule has 3 rings (SSSR count). The first kappa shape index (κ1) is 56.1. The summed E-state index contributed by atoms with van der Waals surface area (Å²) in [5.74, 6) is -6.77. The van der Waals surface area contributed by atoms with E-state index in [-0.39, 0.29) is 31.6 Å². The van der Waals surface area contributed by atoms with Crippen molar-refractivity contribution in [2.75, 3.05) is 0 Å². The van der Waals surface area contributed by atoms with Gasteiger partial charge in [-0.25, -0.2) is 0 Å². The zero-order chi connectivity index (χ0) is 48.4. The van der Waals surface area contributed by atoms with E-state index in [1.807, 2.05) is 49.5 Å². The number of esters is 1. The SMILES string of the molecule is C[C@@H]1[C@H](O)[C@@H](C)/C=C/C=C/CC/C=C/C=C/C=C/C=C/[C@H](O[C@@H]2O[C@H](C)[C@@H](O)[C@@H](N)[C@@H]2O)C[C@@H]2O[C@](O)(C[C@@H](O)C[C@@H](O)[C@H](O)CC[C@@H](O)C[C@@H](O)CC(=O)O[C@H]1C)C[C@H](O)[C@H]2C(=O)O. The Hall–Kier alpha value is -3.18. The van der Waals surface area contributed by atoms with Crippen molar-refractivity contribution in [1.82, 2.24) is 0 Å². The van der Waals surface area contributed by atoms with Crippen LogP contribution in [0.2, 0.25) is 0 Å². The Morgan fingerprint density at radius 2 is 1.31 bits per heavy atom. The molecule has 2 bridgehead atoms. The van der Waals surface area contributed by atoms with Crippen LogP contribution in [0.4, 0.5) is 0 Å². The molecule has 0 aromatic carbocycles. The number of aliphatic carboxylic acids is 1. The Bertz CT molecular complexity index is 1620. The third-order valence-electron chi connectivity index (χ3n) is 12.2. The topological polar surface area (TPSA) is 320 Å². The lowest BCUT2D eigenvalue weighted by Crippen LogP contribution is -2.61. The molecule has 2 fully saturated rings. The van der Waals surface area contributed by atoms with Gasteiger partial charge in [0.15, 0.2) is 12.1 Å². The van der Waals surface area contributed by atoms with E-state index in [2.05, 4.69) is 0 Å². The molecule has 18 heteroatoms. The van der Waals surface area contributed by atoms with Gasteiger partial charge < -0.3 is 80.9 Å². The van der Waals surface area contributed by atoms with Crippen LogP contribution in [-0.4, -0.2) is 166 Å². The molecule has 3 aliphatic heterocycles. The first-order valence-electron chi connectivity index (χ1n) is 22.6. The van der Waals surface area contributed by atoms with Gasteiger partial charge in [0.05, 0.1) is 79.6 Å². The normalized spacial score (nSPS) is 45.2. The summed E-state index contributed by atoms with van der Waals surface area (Å²) in [5.41, 5.74) is 6.02. The monoisotopic (exact) mass is 926 g/mol. The summed E-state index contributed by atoms with van der Waals surface area (Å²) in [6, 6.07) is -1.14. The molecule has 0 amide bonds. The fraction of sp³-hybridized carbons (Fsp3) is 0.702. The van der Waals surface area contributed by atoms with Gasteiger partial charge in [-0.15, -0.1) is 0 Å². The average Bonchev–Trinajstić information content (AvgIpc) is 3.21. The number of carbonyl (C=O) groups excluding carboxylic acids is 1. The summed E-state index contributed by atoms with van der Waals surface area (Å²) >= 11 is 0. The third kappa shape index (κ3) is 18.8. The van der Waals surface area contributed by atoms with E-state index in [0.29, 0.717) is 0 Å². The number of carboxylic acids is 1. The third-order valence-corrected chi connectivity index (χ3v) is 12.2. The maximum absolute atomic E-state index is 12.6. The fourth-order valence-corrected chi connectivity index (χ4v) is 8.13. The highest BCUT2D eigenvalue weighted by atomic mass is 16.7. The van der Waals surface area contributed by atoms with Gasteiger partial charge in [-0.05, 0) is 46.0 Å². The number of nitrogens with two attached hydrogens (primary N) is 1. The summed E-state index contributed by atoms with van der Waals surface area (Å²) in [7, 11) is 0. The van der Waals surface area contributed by atoms with E-state index in [1.54, 1.807) is 38.2 Å². The highest BCUT2D eigenvalue weighted by Crippen LogP contribution is 2.38. The van der Waals surface area contributed by atoms with E-state index < -0.39 is 147 Å². The van der Waals surface area contributed by atoms with Crippen LogP contribution in [0.3, 0.4) is 0 Å². The Balaban J connectivity index is 1.84. The highest BCUT2D eigenvalue weighted by molar-refractivity contribution is 5.71. The smallest absolute Gasteiger partial charge is 0.311 e. The van der Waals surface area contributed by atoms with Crippen molar-refractivity contribution in [3.05, 3.63) is 72.9 Å². The van der Waals surface area contributed by atoms with E-state index in [9.17, 15) is 65.8 Å². The van der Waals surface area contributed by atoms with Crippen LogP contribution in [0.15, 0.2) is 72.9 Å². The number of fused-ring (bicyclic) bond motifs is 2. The second-order valence-corrected chi connectivity index (χ2v) is 17.8. The number of ether oxygens (including phenoxy) is 4. The van der Waals surface area contributed by atoms with Crippen molar-refractivity contribution in [2.45, 2.75) is 189 Å². The number of carboxylic acid groups (broad SMARTS) is 1. The molecule has 0 unspecified atom stereocenters. The fourth-order valence-electron chi connectivity index (χ4n) is 8.13. The Labute approximate surface area is 381 Å². The summed E-state index contributed by atoms with van der Waals surface area (Å²) in [4.78, 5) is 25.1. The molecule has 370 valence electrons. The van der Waals surface area contributed by atoms with Crippen molar-refractivity contribution in [2.24, 2.45) is 23.5 Å². The highest BCUT2D eigenvalue weighted by Gasteiger charge is 2.51. The standard InChI is InChI=1S/C47H75NO17/c1-27-17-15-13-11-9-7-5-6-8-10-12-14-16-18-34(64-46-44(58)41(48)43(57)30(4)63-46)24-38-40(45(59)60)37(54)26-47(61,65-38)25-33(51)22-36(53)35(52)20-19-31(49)21-32(50)23-39(55)62-29(3)28(2)42(27)56/h5-6,8,10-18,27-38,40-44,46,49-54,56-58,61H,7,9,19-26,48H2,1-4H3,(H,59,60)/b6-5+,10-8+,13-11+,14-12+,17-15+,18-16+/t27-,28-,29-,30+,31+,32+,33-,34-,35+,36+,37-,38-,40+,41+,42+,43+,44-,46-,47+/m0/s1. The van der Waals surface area contributed by atoms with Crippen molar-refractivity contribution in [3.8, 4) is 0 Å². The molecular weight excluding hydrogens is 851 g/mol. The zero-order valence-electron chi connectivity index (χ0n) is 37.8. The molecule has 0 aromatic heterocycles. The molecular formula is C47H75NO17. The van der Waals surface area contributed by atoms with Gasteiger partial charge >= 0.3 is 11.9 Å². The molecule has 3 heterocycles. The quantitative estimate of drug-likeness (QED) is 0.175. The lowest BCUT2D eigenvalue weighted by atomic mass is 9.82. The minimum absolute atomic E-state index is 0.103. The molecule has 3 aliphatic rings. The maximum atomic E-state index is 12.6.